The molecule has 1 N–H and O–H groups in total. The van der Waals surface area contributed by atoms with Crippen molar-refractivity contribution in [1.82, 2.24) is 5.32 Å². The molecule has 0 bridgehead atoms. The van der Waals surface area contributed by atoms with E-state index in [2.05, 4.69) is 5.32 Å². The predicted octanol–water partition coefficient (Wildman–Crippen LogP) is 1.52. The molecule has 1 aliphatic heterocycles. The van der Waals surface area contributed by atoms with Crippen molar-refractivity contribution in [2.45, 2.75) is 13.0 Å². The van der Waals surface area contributed by atoms with Crippen LogP contribution in [0.3, 0.4) is 0 Å². The normalized spacial score (nSPS) is 16.1. The average molecular weight is 217 g/mol. The Morgan fingerprint density at radius 1 is 1.44 bits per heavy atom. The van der Waals surface area contributed by atoms with Crippen LogP contribution in [0, 0.1) is 6.92 Å². The molecule has 0 aromatic heterocycles. The Kier molecular flexibility index (Phi) is 3.37. The number of benzene rings is 1. The first-order valence-electron chi connectivity index (χ1n) is 5.37. The van der Waals surface area contributed by atoms with Gasteiger partial charge in [-0.1, -0.05) is 24.3 Å². The lowest BCUT2D eigenvalue weighted by atomic mass is 10.1. The average Bonchev–Trinajstić information content (AvgIpc) is 2.22. The minimum atomic E-state index is -0.0587. The SMILES string of the molecule is Cc1ccccc1C=CC(=O)NC1COC1. The van der Waals surface area contributed by atoms with Gasteiger partial charge in [0.1, 0.15) is 0 Å². The Balaban J connectivity index is 1.92. The first kappa shape index (κ1) is 10.9. The molecule has 1 fully saturated rings. The van der Waals surface area contributed by atoms with Crippen LogP contribution in [0.4, 0.5) is 0 Å². The summed E-state index contributed by atoms with van der Waals surface area (Å²) in [6.07, 6.45) is 3.41. The molecule has 84 valence electrons. The topological polar surface area (TPSA) is 38.3 Å². The van der Waals surface area contributed by atoms with Crippen molar-refractivity contribution >= 4 is 12.0 Å². The number of carbonyl (C=O) groups is 1. The van der Waals surface area contributed by atoms with Gasteiger partial charge in [-0.05, 0) is 24.1 Å². The zero-order valence-corrected chi connectivity index (χ0v) is 9.27. The lowest BCUT2D eigenvalue weighted by Crippen LogP contribution is -2.48. The second-order valence-electron chi connectivity index (χ2n) is 3.93. The first-order chi connectivity index (χ1) is 7.75. The number of ether oxygens (including phenoxy) is 1. The molecule has 16 heavy (non-hydrogen) atoms. The molecule has 1 amide bonds. The summed E-state index contributed by atoms with van der Waals surface area (Å²) in [5, 5.41) is 2.86. The van der Waals surface area contributed by atoms with Gasteiger partial charge in [0, 0.05) is 6.08 Å². The first-order valence-corrected chi connectivity index (χ1v) is 5.37. The highest BCUT2D eigenvalue weighted by Crippen LogP contribution is 2.08. The van der Waals surface area contributed by atoms with E-state index in [0.29, 0.717) is 13.2 Å². The van der Waals surface area contributed by atoms with Crippen LogP contribution in [0.15, 0.2) is 30.3 Å². The van der Waals surface area contributed by atoms with E-state index in [-0.39, 0.29) is 11.9 Å². The maximum absolute atomic E-state index is 11.5. The number of amides is 1. The van der Waals surface area contributed by atoms with E-state index in [1.165, 1.54) is 5.56 Å². The molecule has 0 radical (unpaired) electrons. The second-order valence-corrected chi connectivity index (χ2v) is 3.93. The fraction of sp³-hybridized carbons (Fsp3) is 0.308. The molecule has 0 aliphatic carbocycles. The number of rotatable bonds is 3. The molecule has 0 saturated carbocycles. The van der Waals surface area contributed by atoms with E-state index < -0.39 is 0 Å². The summed E-state index contributed by atoms with van der Waals surface area (Å²) in [6.45, 7) is 3.28. The fourth-order valence-corrected chi connectivity index (χ4v) is 1.51. The van der Waals surface area contributed by atoms with Gasteiger partial charge in [-0.15, -0.1) is 0 Å². The van der Waals surface area contributed by atoms with Crippen LogP contribution in [0.5, 0.6) is 0 Å². The summed E-state index contributed by atoms with van der Waals surface area (Å²) in [4.78, 5) is 11.5. The predicted molar refractivity (Wildman–Crippen MR) is 63.0 cm³/mol. The van der Waals surface area contributed by atoms with Crippen molar-refractivity contribution in [2.75, 3.05) is 13.2 Å². The van der Waals surface area contributed by atoms with Crippen molar-refractivity contribution in [3.8, 4) is 0 Å². The highest BCUT2D eigenvalue weighted by atomic mass is 16.5. The minimum absolute atomic E-state index is 0.0587. The maximum atomic E-state index is 11.5. The Bertz CT molecular complexity index is 408. The molecular formula is C13H15NO2. The Labute approximate surface area is 95.1 Å². The van der Waals surface area contributed by atoms with E-state index >= 15 is 0 Å². The van der Waals surface area contributed by atoms with Crippen molar-refractivity contribution in [2.24, 2.45) is 0 Å². The standard InChI is InChI=1S/C13H15NO2/c1-10-4-2-3-5-11(10)6-7-13(15)14-12-8-16-9-12/h2-7,12H,8-9H2,1H3,(H,14,15). The van der Waals surface area contributed by atoms with Gasteiger partial charge in [-0.25, -0.2) is 0 Å². The van der Waals surface area contributed by atoms with Gasteiger partial charge in [0.25, 0.3) is 0 Å². The number of hydrogen-bond donors (Lipinski definition) is 1. The third kappa shape index (κ3) is 2.70. The van der Waals surface area contributed by atoms with E-state index in [4.69, 9.17) is 4.74 Å². The van der Waals surface area contributed by atoms with Crippen molar-refractivity contribution in [3.05, 3.63) is 41.5 Å². The van der Waals surface area contributed by atoms with Gasteiger partial charge < -0.3 is 10.1 Å². The molecule has 1 heterocycles. The molecule has 0 spiro atoms. The summed E-state index contributed by atoms with van der Waals surface area (Å²) in [5.41, 5.74) is 2.24. The molecule has 1 aliphatic rings. The Morgan fingerprint density at radius 3 is 2.81 bits per heavy atom. The molecule has 0 unspecified atom stereocenters. The molecule has 0 atom stereocenters. The number of hydrogen-bond acceptors (Lipinski definition) is 2. The Morgan fingerprint density at radius 2 is 2.19 bits per heavy atom. The summed E-state index contributed by atoms with van der Waals surface area (Å²) in [5.74, 6) is -0.0587. The highest BCUT2D eigenvalue weighted by Gasteiger charge is 2.18. The Hall–Kier alpha value is -1.61. The summed E-state index contributed by atoms with van der Waals surface area (Å²) >= 11 is 0. The minimum Gasteiger partial charge on any atom is -0.377 e. The summed E-state index contributed by atoms with van der Waals surface area (Å²) < 4.78 is 4.98. The van der Waals surface area contributed by atoms with Crippen LogP contribution >= 0.6 is 0 Å². The van der Waals surface area contributed by atoms with Crippen molar-refractivity contribution in [1.29, 1.82) is 0 Å². The second kappa shape index (κ2) is 4.94. The van der Waals surface area contributed by atoms with Crippen LogP contribution in [0.25, 0.3) is 6.08 Å². The molecular weight excluding hydrogens is 202 g/mol. The molecule has 1 aromatic rings. The third-order valence-electron chi connectivity index (χ3n) is 2.59. The van der Waals surface area contributed by atoms with Crippen molar-refractivity contribution < 1.29 is 9.53 Å². The molecule has 3 heteroatoms. The van der Waals surface area contributed by atoms with Gasteiger partial charge in [0.2, 0.25) is 5.91 Å². The third-order valence-corrected chi connectivity index (χ3v) is 2.59. The molecule has 1 aromatic carbocycles. The largest absolute Gasteiger partial charge is 0.377 e. The van der Waals surface area contributed by atoms with E-state index in [9.17, 15) is 4.79 Å². The van der Waals surface area contributed by atoms with Gasteiger partial charge in [0.05, 0.1) is 19.3 Å². The van der Waals surface area contributed by atoms with E-state index in [1.54, 1.807) is 6.08 Å². The van der Waals surface area contributed by atoms with Gasteiger partial charge in [-0.3, -0.25) is 4.79 Å². The monoisotopic (exact) mass is 217 g/mol. The lowest BCUT2D eigenvalue weighted by Gasteiger charge is -2.26. The van der Waals surface area contributed by atoms with E-state index in [0.717, 1.165) is 5.56 Å². The number of carbonyl (C=O) groups excluding carboxylic acids is 1. The quantitative estimate of drug-likeness (QED) is 0.780. The molecule has 3 nitrogen and oxygen atoms in total. The van der Waals surface area contributed by atoms with Gasteiger partial charge in [0.15, 0.2) is 0 Å². The number of nitrogens with one attached hydrogen (secondary N) is 1. The van der Waals surface area contributed by atoms with Crippen molar-refractivity contribution in [3.63, 3.8) is 0 Å². The molecule has 2 rings (SSSR count). The van der Waals surface area contributed by atoms with Gasteiger partial charge in [-0.2, -0.15) is 0 Å². The lowest BCUT2D eigenvalue weighted by molar-refractivity contribution is -0.120. The van der Waals surface area contributed by atoms with Crippen LogP contribution in [-0.2, 0) is 9.53 Å². The molecule has 1 saturated heterocycles. The van der Waals surface area contributed by atoms with Crippen LogP contribution in [0.2, 0.25) is 0 Å². The zero-order valence-electron chi connectivity index (χ0n) is 9.27. The zero-order chi connectivity index (χ0) is 11.4. The van der Waals surface area contributed by atoms with Gasteiger partial charge >= 0.3 is 0 Å². The number of aryl methyl sites for hydroxylation is 1. The van der Waals surface area contributed by atoms with Crippen LogP contribution < -0.4 is 5.32 Å². The summed E-state index contributed by atoms with van der Waals surface area (Å²) in [7, 11) is 0. The highest BCUT2D eigenvalue weighted by molar-refractivity contribution is 5.92. The maximum Gasteiger partial charge on any atom is 0.244 e. The van der Waals surface area contributed by atoms with Crippen LogP contribution in [0.1, 0.15) is 11.1 Å². The summed E-state index contributed by atoms with van der Waals surface area (Å²) in [6, 6.07) is 8.15. The smallest absolute Gasteiger partial charge is 0.244 e. The van der Waals surface area contributed by atoms with Crippen LogP contribution in [-0.4, -0.2) is 25.2 Å². The fourth-order valence-electron chi connectivity index (χ4n) is 1.51. The van der Waals surface area contributed by atoms with E-state index in [1.807, 2.05) is 37.3 Å².